The van der Waals surface area contributed by atoms with E-state index in [0.29, 0.717) is 30.5 Å². The third-order valence-electron chi connectivity index (χ3n) is 5.68. The number of guanidine groups is 1. The summed E-state index contributed by atoms with van der Waals surface area (Å²) in [5.41, 5.74) is 13.3. The van der Waals surface area contributed by atoms with Gasteiger partial charge in [0.05, 0.1) is 19.7 Å². The second kappa shape index (κ2) is 11.5. The molecule has 1 aliphatic heterocycles. The van der Waals surface area contributed by atoms with E-state index in [9.17, 15) is 5.11 Å². The number of ether oxygens (including phenoxy) is 1. The molecule has 0 spiro atoms. The number of nitrogens with two attached hydrogens (primary N) is 2. The van der Waals surface area contributed by atoms with E-state index < -0.39 is 6.10 Å². The van der Waals surface area contributed by atoms with E-state index in [1.807, 2.05) is 24.3 Å². The molecule has 0 saturated heterocycles. The average Bonchev–Trinajstić information content (AvgIpc) is 3.24. The molecule has 1 aromatic heterocycles. The van der Waals surface area contributed by atoms with Gasteiger partial charge < -0.3 is 37.1 Å². The van der Waals surface area contributed by atoms with Gasteiger partial charge >= 0.3 is 0 Å². The molecule has 2 heterocycles. The van der Waals surface area contributed by atoms with Crippen LogP contribution in [0.3, 0.4) is 0 Å². The van der Waals surface area contributed by atoms with Gasteiger partial charge in [-0.15, -0.1) is 0 Å². The molecule has 10 nitrogen and oxygen atoms in total. The number of anilines is 2. The Morgan fingerprint density at radius 3 is 2.68 bits per heavy atom. The van der Waals surface area contributed by atoms with Crippen molar-refractivity contribution in [3.05, 3.63) is 40.7 Å². The zero-order valence-electron chi connectivity index (χ0n) is 19.6. The molecular formula is C23H34ClN7O3. The number of benzene rings is 1. The Morgan fingerprint density at radius 1 is 1.24 bits per heavy atom. The van der Waals surface area contributed by atoms with Gasteiger partial charge in [0.15, 0.2) is 16.9 Å². The van der Waals surface area contributed by atoms with Crippen LogP contribution < -0.4 is 26.8 Å². The SMILES string of the molecule is CC(C)(CCc1ccc(OCC(O)CO)cc1)CC1CN=C(NCc2nc(Cl)c(N)nc2N)N1. The zero-order chi connectivity index (χ0) is 24.7. The van der Waals surface area contributed by atoms with Crippen molar-refractivity contribution in [3.8, 4) is 5.75 Å². The Morgan fingerprint density at radius 2 is 1.97 bits per heavy atom. The van der Waals surface area contributed by atoms with Gasteiger partial charge in [-0.2, -0.15) is 0 Å². The largest absolute Gasteiger partial charge is 0.491 e. The third kappa shape index (κ3) is 7.61. The lowest BCUT2D eigenvalue weighted by Crippen LogP contribution is -2.40. The van der Waals surface area contributed by atoms with E-state index >= 15 is 0 Å². The number of hydrogen-bond donors (Lipinski definition) is 6. The lowest BCUT2D eigenvalue weighted by Gasteiger charge is -2.28. The standard InChI is InChI=1S/C23H34ClN7O3/c1-23(2,8-7-14-3-5-17(6-4-14)34-13-16(33)12-32)9-15-10-27-22(29-15)28-11-18-20(25)31-21(26)19(24)30-18/h3-6,15-16,32-33H,7-13H2,1-2H3,(H4,25,26,31)(H2,27,28,29). The lowest BCUT2D eigenvalue weighted by atomic mass is 9.80. The second-order valence-corrected chi connectivity index (χ2v) is 9.63. The van der Waals surface area contributed by atoms with Gasteiger partial charge in [0, 0.05) is 6.04 Å². The van der Waals surface area contributed by atoms with Gasteiger partial charge in [-0.25, -0.2) is 9.97 Å². The minimum Gasteiger partial charge on any atom is -0.491 e. The van der Waals surface area contributed by atoms with E-state index in [4.69, 9.17) is 32.9 Å². The molecule has 186 valence electrons. The van der Waals surface area contributed by atoms with E-state index in [1.54, 1.807) is 0 Å². The molecule has 1 aromatic carbocycles. The maximum absolute atomic E-state index is 9.38. The molecule has 3 rings (SSSR count). The van der Waals surface area contributed by atoms with Crippen LogP contribution in [-0.4, -0.2) is 58.0 Å². The van der Waals surface area contributed by atoms with Gasteiger partial charge in [0.2, 0.25) is 0 Å². The molecular weight excluding hydrogens is 458 g/mol. The van der Waals surface area contributed by atoms with Crippen LogP contribution in [0.4, 0.5) is 11.6 Å². The maximum atomic E-state index is 9.38. The van der Waals surface area contributed by atoms with Crippen molar-refractivity contribution in [2.24, 2.45) is 10.4 Å². The van der Waals surface area contributed by atoms with Crippen molar-refractivity contribution in [1.82, 2.24) is 20.6 Å². The van der Waals surface area contributed by atoms with E-state index in [2.05, 4.69) is 39.4 Å². The molecule has 0 fully saturated rings. The number of aliphatic hydroxyl groups excluding tert-OH is 2. The fourth-order valence-electron chi connectivity index (χ4n) is 3.73. The van der Waals surface area contributed by atoms with Crippen molar-refractivity contribution in [1.29, 1.82) is 0 Å². The van der Waals surface area contributed by atoms with E-state index in [1.165, 1.54) is 5.56 Å². The summed E-state index contributed by atoms with van der Waals surface area (Å²) in [5, 5.41) is 25.0. The molecule has 2 aromatic rings. The van der Waals surface area contributed by atoms with Crippen LogP contribution in [0.25, 0.3) is 0 Å². The number of nitrogens with zero attached hydrogens (tertiary/aromatic N) is 3. The first-order valence-electron chi connectivity index (χ1n) is 11.3. The third-order valence-corrected chi connectivity index (χ3v) is 5.96. The van der Waals surface area contributed by atoms with Crippen LogP contribution in [0.5, 0.6) is 5.75 Å². The molecule has 0 saturated carbocycles. The van der Waals surface area contributed by atoms with Crippen LogP contribution in [0.2, 0.25) is 5.15 Å². The number of hydrogen-bond acceptors (Lipinski definition) is 10. The highest BCUT2D eigenvalue weighted by Gasteiger charge is 2.26. The first-order valence-corrected chi connectivity index (χ1v) is 11.7. The summed E-state index contributed by atoms with van der Waals surface area (Å²) in [6.45, 7) is 5.33. The molecule has 0 amide bonds. The number of rotatable bonds is 11. The number of nitrogen functional groups attached to an aromatic ring is 2. The van der Waals surface area contributed by atoms with Crippen molar-refractivity contribution in [3.63, 3.8) is 0 Å². The van der Waals surface area contributed by atoms with Crippen LogP contribution >= 0.6 is 11.6 Å². The molecule has 0 aliphatic carbocycles. The fraction of sp³-hybridized carbons (Fsp3) is 0.522. The molecule has 8 N–H and O–H groups in total. The lowest BCUT2D eigenvalue weighted by molar-refractivity contribution is 0.0536. The first-order chi connectivity index (χ1) is 16.1. The zero-order valence-corrected chi connectivity index (χ0v) is 20.3. The summed E-state index contributed by atoms with van der Waals surface area (Å²) < 4.78 is 5.46. The fourth-order valence-corrected chi connectivity index (χ4v) is 3.87. The molecule has 1 aliphatic rings. The predicted molar refractivity (Wildman–Crippen MR) is 134 cm³/mol. The van der Waals surface area contributed by atoms with Gasteiger partial charge in [-0.1, -0.05) is 37.6 Å². The Hall–Kier alpha value is -2.82. The summed E-state index contributed by atoms with van der Waals surface area (Å²) >= 11 is 5.94. The van der Waals surface area contributed by atoms with E-state index in [-0.39, 0.29) is 41.5 Å². The van der Waals surface area contributed by atoms with Crippen LogP contribution in [-0.2, 0) is 13.0 Å². The summed E-state index contributed by atoms with van der Waals surface area (Å²) in [6, 6.07) is 8.09. The van der Waals surface area contributed by atoms with Crippen molar-refractivity contribution >= 4 is 29.2 Å². The van der Waals surface area contributed by atoms with Crippen molar-refractivity contribution in [2.45, 2.75) is 51.8 Å². The van der Waals surface area contributed by atoms with Gasteiger partial charge in [-0.3, -0.25) is 4.99 Å². The Kier molecular flexibility index (Phi) is 8.76. The summed E-state index contributed by atoms with van der Waals surface area (Å²) in [6.07, 6.45) is 2.07. The Balaban J connectivity index is 1.41. The van der Waals surface area contributed by atoms with Crippen molar-refractivity contribution in [2.75, 3.05) is 31.2 Å². The number of aryl methyl sites for hydroxylation is 1. The second-order valence-electron chi connectivity index (χ2n) is 9.28. The number of aromatic nitrogens is 2. The van der Waals surface area contributed by atoms with Gasteiger partial charge in [0.1, 0.15) is 30.0 Å². The van der Waals surface area contributed by atoms with Crippen LogP contribution in [0.15, 0.2) is 29.3 Å². The van der Waals surface area contributed by atoms with Gasteiger partial charge in [0.25, 0.3) is 0 Å². The Labute approximate surface area is 204 Å². The van der Waals surface area contributed by atoms with Crippen LogP contribution in [0, 0.1) is 5.41 Å². The smallest absolute Gasteiger partial charge is 0.191 e. The molecule has 0 radical (unpaired) electrons. The molecule has 34 heavy (non-hydrogen) atoms. The topological polar surface area (TPSA) is 164 Å². The highest BCUT2D eigenvalue weighted by Crippen LogP contribution is 2.30. The van der Waals surface area contributed by atoms with Crippen LogP contribution in [0.1, 0.15) is 37.9 Å². The highest BCUT2D eigenvalue weighted by atomic mass is 35.5. The first kappa shape index (κ1) is 25.8. The van der Waals surface area contributed by atoms with Crippen molar-refractivity contribution < 1.29 is 14.9 Å². The van der Waals surface area contributed by atoms with E-state index in [0.717, 1.165) is 19.3 Å². The highest BCUT2D eigenvalue weighted by molar-refractivity contribution is 6.31. The minimum atomic E-state index is -0.868. The Bertz CT molecular complexity index is 985. The molecule has 2 unspecified atom stereocenters. The summed E-state index contributed by atoms with van der Waals surface area (Å²) in [7, 11) is 0. The quantitative estimate of drug-likeness (QED) is 0.273. The minimum absolute atomic E-state index is 0.0741. The maximum Gasteiger partial charge on any atom is 0.191 e. The predicted octanol–water partition coefficient (Wildman–Crippen LogP) is 1.49. The number of aliphatic imine (C=N–C) groups is 1. The average molecular weight is 492 g/mol. The summed E-state index contributed by atoms with van der Waals surface area (Å²) in [5.74, 6) is 1.74. The number of aliphatic hydroxyl groups is 2. The normalized spacial score (nSPS) is 16.6. The molecule has 2 atom stereocenters. The molecule has 0 bridgehead atoms. The summed E-state index contributed by atoms with van der Waals surface area (Å²) in [4.78, 5) is 12.7. The number of nitrogens with one attached hydrogen (secondary N) is 2. The molecule has 11 heteroatoms. The monoisotopic (exact) mass is 491 g/mol. The van der Waals surface area contributed by atoms with Gasteiger partial charge in [-0.05, 0) is 42.4 Å². The number of halogens is 1.